The fourth-order valence-corrected chi connectivity index (χ4v) is 2.77. The lowest BCUT2D eigenvalue weighted by Crippen LogP contribution is -2.25. The molecule has 0 amide bonds. The molecule has 0 spiro atoms. The van der Waals surface area contributed by atoms with Crippen molar-refractivity contribution in [1.82, 2.24) is 0 Å². The number of hydrogen-bond donors (Lipinski definition) is 1. The van der Waals surface area contributed by atoms with Gasteiger partial charge in [-0.1, -0.05) is 48.1 Å². The number of hydrogen-bond acceptors (Lipinski definition) is 1. The van der Waals surface area contributed by atoms with E-state index in [9.17, 15) is 5.11 Å². The van der Waals surface area contributed by atoms with Gasteiger partial charge in [0.2, 0.25) is 0 Å². The number of aliphatic hydroxyl groups is 1. The molecule has 1 heteroatoms. The summed E-state index contributed by atoms with van der Waals surface area (Å²) in [6.45, 7) is 19.4. The predicted molar refractivity (Wildman–Crippen MR) is 75.0 cm³/mol. The second-order valence-corrected chi connectivity index (χ2v) is 7.10. The van der Waals surface area contributed by atoms with Gasteiger partial charge in [0.05, 0.1) is 5.76 Å². The Hall–Kier alpha value is -0.980. The van der Waals surface area contributed by atoms with E-state index in [1.54, 1.807) is 0 Å². The first-order chi connectivity index (χ1) is 7.46. The van der Waals surface area contributed by atoms with Crippen molar-refractivity contribution in [2.75, 3.05) is 0 Å². The monoisotopic (exact) mass is 234 g/mol. The zero-order chi connectivity index (χ0) is 13.6. The van der Waals surface area contributed by atoms with Crippen LogP contribution in [0.5, 0.6) is 0 Å². The Morgan fingerprint density at radius 1 is 0.941 bits per heavy atom. The molecule has 0 aromatic rings. The van der Waals surface area contributed by atoms with E-state index in [4.69, 9.17) is 0 Å². The molecule has 1 nitrogen and oxygen atoms in total. The molecule has 0 atom stereocenters. The molecule has 1 rings (SSSR count). The maximum Gasteiger partial charge on any atom is 0.0998 e. The average molecular weight is 234 g/mol. The smallest absolute Gasteiger partial charge is 0.0998 e. The van der Waals surface area contributed by atoms with Crippen molar-refractivity contribution in [3.63, 3.8) is 0 Å². The fourth-order valence-electron chi connectivity index (χ4n) is 2.77. The highest BCUT2D eigenvalue weighted by Gasteiger charge is 2.34. The number of rotatable bonds is 0. The van der Waals surface area contributed by atoms with Gasteiger partial charge in [-0.15, -0.1) is 0 Å². The standard InChI is InChI=1S/C16H26O/c1-10-9-12(17)11(2)14(16(6,7)8)13(10)15(3,4)5/h17H,1,9H2,2-8H3. The third-order valence-electron chi connectivity index (χ3n) is 3.29. The van der Waals surface area contributed by atoms with E-state index in [-0.39, 0.29) is 10.8 Å². The summed E-state index contributed by atoms with van der Waals surface area (Å²) in [4.78, 5) is 0. The Morgan fingerprint density at radius 3 is 1.71 bits per heavy atom. The molecule has 0 aromatic heterocycles. The largest absolute Gasteiger partial charge is 0.512 e. The van der Waals surface area contributed by atoms with Gasteiger partial charge in [-0.05, 0) is 40.0 Å². The van der Waals surface area contributed by atoms with E-state index < -0.39 is 0 Å². The highest BCUT2D eigenvalue weighted by molar-refractivity contribution is 5.54. The lowest BCUT2D eigenvalue weighted by Gasteiger charge is -2.38. The van der Waals surface area contributed by atoms with Gasteiger partial charge in [0.25, 0.3) is 0 Å². The molecular weight excluding hydrogens is 208 g/mol. The van der Waals surface area contributed by atoms with Crippen LogP contribution in [0.3, 0.4) is 0 Å². The van der Waals surface area contributed by atoms with Crippen LogP contribution in [0.2, 0.25) is 0 Å². The van der Waals surface area contributed by atoms with E-state index >= 15 is 0 Å². The quantitative estimate of drug-likeness (QED) is 0.613. The predicted octanol–water partition coefficient (Wildman–Crippen LogP) is 5.17. The SMILES string of the molecule is C=C1CC(O)=C(C)C(C(C)(C)C)=C1C(C)(C)C. The topological polar surface area (TPSA) is 20.2 Å². The van der Waals surface area contributed by atoms with Crippen molar-refractivity contribution in [2.24, 2.45) is 10.8 Å². The first-order valence-electron chi connectivity index (χ1n) is 6.28. The van der Waals surface area contributed by atoms with Crippen LogP contribution in [0.25, 0.3) is 0 Å². The second-order valence-electron chi connectivity index (χ2n) is 7.10. The van der Waals surface area contributed by atoms with Crippen LogP contribution in [0.4, 0.5) is 0 Å². The molecule has 1 N–H and O–H groups in total. The van der Waals surface area contributed by atoms with Crippen LogP contribution in [-0.2, 0) is 0 Å². The van der Waals surface area contributed by atoms with E-state index in [0.717, 1.165) is 11.1 Å². The Bertz CT molecular complexity index is 406. The summed E-state index contributed by atoms with van der Waals surface area (Å²) in [5, 5.41) is 10.0. The van der Waals surface area contributed by atoms with Gasteiger partial charge >= 0.3 is 0 Å². The van der Waals surface area contributed by atoms with Gasteiger partial charge in [-0.3, -0.25) is 0 Å². The third kappa shape index (κ3) is 2.65. The molecule has 0 radical (unpaired) electrons. The Labute approximate surface area is 106 Å². The Balaban J connectivity index is 3.61. The molecule has 1 aliphatic carbocycles. The molecule has 0 saturated heterocycles. The van der Waals surface area contributed by atoms with Crippen LogP contribution in [-0.4, -0.2) is 5.11 Å². The van der Waals surface area contributed by atoms with E-state index in [1.165, 1.54) is 11.1 Å². The maximum absolute atomic E-state index is 10.0. The van der Waals surface area contributed by atoms with Crippen LogP contribution in [0, 0.1) is 10.8 Å². The molecule has 1 aliphatic rings. The molecule has 0 aliphatic heterocycles. The van der Waals surface area contributed by atoms with E-state index in [2.05, 4.69) is 48.1 Å². The van der Waals surface area contributed by atoms with Gasteiger partial charge < -0.3 is 5.11 Å². The molecule has 96 valence electrons. The summed E-state index contributed by atoms with van der Waals surface area (Å²) in [7, 11) is 0. The van der Waals surface area contributed by atoms with Crippen molar-refractivity contribution in [3.8, 4) is 0 Å². The van der Waals surface area contributed by atoms with Crippen LogP contribution in [0.1, 0.15) is 54.9 Å². The normalized spacial score (nSPS) is 19.1. The summed E-state index contributed by atoms with van der Waals surface area (Å²) < 4.78 is 0. The van der Waals surface area contributed by atoms with Crippen LogP contribution in [0.15, 0.2) is 34.6 Å². The molecule has 17 heavy (non-hydrogen) atoms. The first-order valence-corrected chi connectivity index (χ1v) is 6.28. The Morgan fingerprint density at radius 2 is 1.35 bits per heavy atom. The number of allylic oxidation sites excluding steroid dienone is 4. The molecular formula is C16H26O. The minimum absolute atomic E-state index is 0.0318. The third-order valence-corrected chi connectivity index (χ3v) is 3.29. The molecule has 0 fully saturated rings. The average Bonchev–Trinajstić information content (AvgIpc) is 2.06. The number of aliphatic hydroxyl groups excluding tert-OH is 1. The lowest BCUT2D eigenvalue weighted by molar-refractivity contribution is 0.371. The minimum Gasteiger partial charge on any atom is -0.512 e. The van der Waals surface area contributed by atoms with Crippen LogP contribution >= 0.6 is 0 Å². The van der Waals surface area contributed by atoms with Gasteiger partial charge in [-0.25, -0.2) is 0 Å². The van der Waals surface area contributed by atoms with Gasteiger partial charge in [0, 0.05) is 6.42 Å². The van der Waals surface area contributed by atoms with Gasteiger partial charge in [0.15, 0.2) is 0 Å². The van der Waals surface area contributed by atoms with Gasteiger partial charge in [0.1, 0.15) is 0 Å². The van der Waals surface area contributed by atoms with Crippen molar-refractivity contribution >= 4 is 0 Å². The second kappa shape index (κ2) is 4.04. The summed E-state index contributed by atoms with van der Waals surface area (Å²) >= 11 is 0. The van der Waals surface area contributed by atoms with Crippen molar-refractivity contribution in [1.29, 1.82) is 0 Å². The lowest BCUT2D eigenvalue weighted by atomic mass is 9.67. The fraction of sp³-hybridized carbons (Fsp3) is 0.625. The first kappa shape index (κ1) is 14.1. The zero-order valence-corrected chi connectivity index (χ0v) is 12.4. The molecule has 0 aromatic carbocycles. The highest BCUT2D eigenvalue weighted by atomic mass is 16.3. The summed E-state index contributed by atoms with van der Waals surface area (Å²) in [5.74, 6) is 0.480. The highest BCUT2D eigenvalue weighted by Crippen LogP contribution is 2.47. The summed E-state index contributed by atoms with van der Waals surface area (Å²) in [5.41, 5.74) is 4.78. The van der Waals surface area contributed by atoms with Crippen molar-refractivity contribution in [2.45, 2.75) is 54.9 Å². The Kier molecular flexibility index (Phi) is 3.35. The maximum atomic E-state index is 10.0. The van der Waals surface area contributed by atoms with Crippen LogP contribution < -0.4 is 0 Å². The van der Waals surface area contributed by atoms with Crippen molar-refractivity contribution < 1.29 is 5.11 Å². The molecule has 0 unspecified atom stereocenters. The van der Waals surface area contributed by atoms with E-state index in [1.807, 2.05) is 6.92 Å². The van der Waals surface area contributed by atoms with Crippen molar-refractivity contribution in [3.05, 3.63) is 34.6 Å². The minimum atomic E-state index is 0.0318. The molecule has 0 heterocycles. The van der Waals surface area contributed by atoms with E-state index in [0.29, 0.717) is 12.2 Å². The van der Waals surface area contributed by atoms with Gasteiger partial charge in [-0.2, -0.15) is 0 Å². The molecule has 0 bridgehead atoms. The zero-order valence-electron chi connectivity index (χ0n) is 12.4. The summed E-state index contributed by atoms with van der Waals surface area (Å²) in [6.07, 6.45) is 0.595. The molecule has 0 saturated carbocycles. The summed E-state index contributed by atoms with van der Waals surface area (Å²) in [6, 6.07) is 0.